The van der Waals surface area contributed by atoms with Crippen molar-refractivity contribution in [3.05, 3.63) is 59.7 Å². The largest absolute Gasteiger partial charge is 0.457 e. The van der Waals surface area contributed by atoms with Gasteiger partial charge in [0.05, 0.1) is 0 Å². The Morgan fingerprint density at radius 2 is 1.09 bits per heavy atom. The zero-order valence-corrected chi connectivity index (χ0v) is 14.0. The number of thioether (sulfide) groups is 2. The Labute approximate surface area is 143 Å². The fourth-order valence-electron chi connectivity index (χ4n) is 1.77. The Morgan fingerprint density at radius 3 is 1.39 bits per heavy atom. The summed E-state index contributed by atoms with van der Waals surface area (Å²) in [7, 11) is 0. The average molecular weight is 346 g/mol. The zero-order valence-electron chi connectivity index (χ0n) is 12.4. The van der Waals surface area contributed by atoms with E-state index < -0.39 is 0 Å². The van der Waals surface area contributed by atoms with E-state index in [2.05, 4.69) is 0 Å². The number of benzene rings is 2. The summed E-state index contributed by atoms with van der Waals surface area (Å²) in [6, 6.07) is 15.4. The van der Waals surface area contributed by atoms with Gasteiger partial charge in [-0.3, -0.25) is 10.8 Å². The molecule has 120 valence electrons. The maximum absolute atomic E-state index is 7.20. The van der Waals surface area contributed by atoms with E-state index in [0.717, 1.165) is 22.6 Å². The van der Waals surface area contributed by atoms with Gasteiger partial charge in [-0.1, -0.05) is 47.8 Å². The number of amidine groups is 2. The van der Waals surface area contributed by atoms with Gasteiger partial charge in [0.2, 0.25) is 0 Å². The molecule has 0 amide bonds. The van der Waals surface area contributed by atoms with Crippen molar-refractivity contribution in [2.24, 2.45) is 11.5 Å². The van der Waals surface area contributed by atoms with Gasteiger partial charge in [0.25, 0.3) is 0 Å². The second kappa shape index (κ2) is 8.50. The third kappa shape index (κ3) is 6.25. The summed E-state index contributed by atoms with van der Waals surface area (Å²) in [6.45, 7) is 0. The van der Waals surface area contributed by atoms with Crippen molar-refractivity contribution in [3.63, 3.8) is 0 Å². The average Bonchev–Trinajstić information content (AvgIpc) is 2.53. The van der Waals surface area contributed by atoms with Gasteiger partial charge in [0, 0.05) is 11.5 Å². The molecular weight excluding hydrogens is 328 g/mol. The van der Waals surface area contributed by atoms with Crippen LogP contribution in [0.2, 0.25) is 0 Å². The van der Waals surface area contributed by atoms with Crippen molar-refractivity contribution >= 4 is 33.9 Å². The molecule has 2 aromatic rings. The van der Waals surface area contributed by atoms with Crippen LogP contribution in [-0.2, 0) is 11.5 Å². The minimum absolute atomic E-state index is 0.119. The summed E-state index contributed by atoms with van der Waals surface area (Å²) in [5, 5.41) is 14.6. The van der Waals surface area contributed by atoms with Gasteiger partial charge < -0.3 is 16.2 Å². The molecule has 0 saturated heterocycles. The highest BCUT2D eigenvalue weighted by Gasteiger charge is 2.01. The first-order valence-electron chi connectivity index (χ1n) is 6.82. The fourth-order valence-corrected chi connectivity index (χ4v) is 2.79. The molecule has 0 spiro atoms. The molecule has 0 atom stereocenters. The third-order valence-corrected chi connectivity index (χ3v) is 4.45. The Kier molecular flexibility index (Phi) is 6.37. The highest BCUT2D eigenvalue weighted by atomic mass is 32.2. The molecule has 0 aliphatic heterocycles. The van der Waals surface area contributed by atoms with Gasteiger partial charge in [-0.25, -0.2) is 0 Å². The predicted molar refractivity (Wildman–Crippen MR) is 99.4 cm³/mol. The smallest absolute Gasteiger partial charge is 0.151 e. The monoisotopic (exact) mass is 346 g/mol. The lowest BCUT2D eigenvalue weighted by molar-refractivity contribution is 0.482. The van der Waals surface area contributed by atoms with Crippen LogP contribution in [-0.4, -0.2) is 10.3 Å². The first kappa shape index (κ1) is 17.2. The first-order valence-corrected chi connectivity index (χ1v) is 8.79. The van der Waals surface area contributed by atoms with E-state index in [1.54, 1.807) is 0 Å². The molecule has 0 fully saturated rings. The Balaban J connectivity index is 1.91. The molecule has 0 unspecified atom stereocenters. The lowest BCUT2D eigenvalue weighted by Gasteiger charge is -2.08. The van der Waals surface area contributed by atoms with Gasteiger partial charge >= 0.3 is 0 Å². The third-order valence-electron chi connectivity index (χ3n) is 2.87. The molecule has 0 aliphatic rings. The van der Waals surface area contributed by atoms with E-state index in [-0.39, 0.29) is 10.3 Å². The van der Waals surface area contributed by atoms with Crippen LogP contribution in [0.25, 0.3) is 0 Å². The summed E-state index contributed by atoms with van der Waals surface area (Å²) in [4.78, 5) is 0. The number of hydrogen-bond acceptors (Lipinski definition) is 5. The molecule has 0 heterocycles. The normalized spacial score (nSPS) is 10.3. The van der Waals surface area contributed by atoms with E-state index in [0.29, 0.717) is 11.5 Å². The SMILES string of the molecule is N=C(N)SCc1ccc(Oc2ccc(CSC(=N)N)cc2)cc1. The van der Waals surface area contributed by atoms with Gasteiger partial charge in [-0.2, -0.15) is 0 Å². The summed E-state index contributed by atoms with van der Waals surface area (Å²) >= 11 is 2.59. The molecule has 7 heteroatoms. The Morgan fingerprint density at radius 1 is 0.739 bits per heavy atom. The van der Waals surface area contributed by atoms with Crippen LogP contribution in [0.4, 0.5) is 0 Å². The van der Waals surface area contributed by atoms with Crippen LogP contribution in [0.5, 0.6) is 11.5 Å². The molecule has 0 aromatic heterocycles. The van der Waals surface area contributed by atoms with Gasteiger partial charge in [0.1, 0.15) is 11.5 Å². The molecule has 0 bridgehead atoms. The van der Waals surface area contributed by atoms with E-state index >= 15 is 0 Å². The van der Waals surface area contributed by atoms with Crippen LogP contribution in [0.15, 0.2) is 48.5 Å². The first-order chi connectivity index (χ1) is 11.0. The summed E-state index contributed by atoms with van der Waals surface area (Å²) in [6.07, 6.45) is 0. The fraction of sp³-hybridized carbons (Fsp3) is 0.125. The molecule has 5 nitrogen and oxygen atoms in total. The van der Waals surface area contributed by atoms with Crippen molar-refractivity contribution in [1.82, 2.24) is 0 Å². The second-order valence-corrected chi connectivity index (χ2v) is 6.73. The van der Waals surface area contributed by atoms with Gasteiger partial charge in [-0.05, 0) is 35.4 Å². The number of ether oxygens (including phenoxy) is 1. The number of hydrogen-bond donors (Lipinski definition) is 4. The lowest BCUT2D eigenvalue weighted by atomic mass is 10.2. The summed E-state index contributed by atoms with van der Waals surface area (Å²) < 4.78 is 5.79. The molecule has 0 aliphatic carbocycles. The maximum atomic E-state index is 7.20. The van der Waals surface area contributed by atoms with E-state index in [1.807, 2.05) is 48.5 Å². The molecule has 6 N–H and O–H groups in total. The summed E-state index contributed by atoms with van der Waals surface area (Å²) in [5.74, 6) is 2.87. The second-order valence-electron chi connectivity index (χ2n) is 4.70. The Bertz CT molecular complexity index is 612. The highest BCUT2D eigenvalue weighted by Crippen LogP contribution is 2.24. The van der Waals surface area contributed by atoms with Crippen molar-refractivity contribution in [2.45, 2.75) is 11.5 Å². The van der Waals surface area contributed by atoms with Crippen LogP contribution in [0.1, 0.15) is 11.1 Å². The molecular formula is C16H18N4OS2. The van der Waals surface area contributed by atoms with Crippen molar-refractivity contribution in [3.8, 4) is 11.5 Å². The van der Waals surface area contributed by atoms with Crippen molar-refractivity contribution < 1.29 is 4.74 Å². The maximum Gasteiger partial charge on any atom is 0.151 e. The standard InChI is InChI=1S/C16H18N4OS2/c17-15(18)22-9-11-1-5-13(6-2-11)21-14-7-3-12(4-8-14)10-23-16(19)20/h1-8H,9-10H2,(H3,17,18)(H3,19,20). The van der Waals surface area contributed by atoms with E-state index in [1.165, 1.54) is 23.5 Å². The Hall–Kier alpha value is -2.12. The number of nitrogens with one attached hydrogen (secondary N) is 2. The van der Waals surface area contributed by atoms with Crippen LogP contribution >= 0.6 is 23.5 Å². The van der Waals surface area contributed by atoms with E-state index in [9.17, 15) is 0 Å². The molecule has 23 heavy (non-hydrogen) atoms. The molecule has 0 saturated carbocycles. The van der Waals surface area contributed by atoms with Gasteiger partial charge in [0.15, 0.2) is 10.3 Å². The van der Waals surface area contributed by atoms with E-state index in [4.69, 9.17) is 27.0 Å². The zero-order chi connectivity index (χ0) is 16.7. The minimum Gasteiger partial charge on any atom is -0.457 e. The lowest BCUT2D eigenvalue weighted by Crippen LogP contribution is -2.03. The van der Waals surface area contributed by atoms with Crippen molar-refractivity contribution in [1.29, 1.82) is 10.8 Å². The van der Waals surface area contributed by atoms with Gasteiger partial charge in [-0.15, -0.1) is 0 Å². The molecule has 2 aromatic carbocycles. The minimum atomic E-state index is 0.119. The van der Waals surface area contributed by atoms with Crippen LogP contribution in [0, 0.1) is 10.8 Å². The summed E-state index contributed by atoms with van der Waals surface area (Å²) in [5.41, 5.74) is 12.8. The molecule has 2 rings (SSSR count). The predicted octanol–water partition coefficient (Wildman–Crippen LogP) is 3.73. The molecule has 0 radical (unpaired) electrons. The van der Waals surface area contributed by atoms with Crippen LogP contribution in [0.3, 0.4) is 0 Å². The van der Waals surface area contributed by atoms with Crippen molar-refractivity contribution in [2.75, 3.05) is 0 Å². The topological polar surface area (TPSA) is 109 Å². The number of rotatable bonds is 6. The highest BCUT2D eigenvalue weighted by molar-refractivity contribution is 8.13. The quantitative estimate of drug-likeness (QED) is 0.471. The van der Waals surface area contributed by atoms with Crippen LogP contribution < -0.4 is 16.2 Å². The number of nitrogens with two attached hydrogens (primary N) is 2.